The zero-order valence-electron chi connectivity index (χ0n) is 22.9. The van der Waals surface area contributed by atoms with E-state index in [1.54, 1.807) is 36.4 Å². The van der Waals surface area contributed by atoms with Gasteiger partial charge in [-0.1, -0.05) is 55.5 Å². The minimum Gasteiger partial charge on any atom is -0.486 e. The summed E-state index contributed by atoms with van der Waals surface area (Å²) in [6.45, 7) is 5.87. The fourth-order valence-electron chi connectivity index (χ4n) is 4.52. The number of nitrogens with zero attached hydrogens (tertiary/aromatic N) is 2. The van der Waals surface area contributed by atoms with E-state index >= 15 is 0 Å². The average molecular weight is 566 g/mol. The molecule has 10 heteroatoms. The van der Waals surface area contributed by atoms with Gasteiger partial charge in [0.05, 0.1) is 10.6 Å². The van der Waals surface area contributed by atoms with Crippen molar-refractivity contribution in [2.45, 2.75) is 50.7 Å². The average Bonchev–Trinajstić information content (AvgIpc) is 2.96. The van der Waals surface area contributed by atoms with Crippen LogP contribution in [0.1, 0.15) is 32.8 Å². The molecule has 1 aliphatic rings. The van der Waals surface area contributed by atoms with Crippen LogP contribution in [0.5, 0.6) is 11.5 Å². The van der Waals surface area contributed by atoms with E-state index in [4.69, 9.17) is 9.47 Å². The summed E-state index contributed by atoms with van der Waals surface area (Å²) >= 11 is 0. The Morgan fingerprint density at radius 3 is 2.15 bits per heavy atom. The quantitative estimate of drug-likeness (QED) is 0.377. The molecule has 2 amide bonds. The maximum absolute atomic E-state index is 14.1. The second kappa shape index (κ2) is 12.9. The van der Waals surface area contributed by atoms with E-state index < -0.39 is 28.5 Å². The highest BCUT2D eigenvalue weighted by atomic mass is 32.2. The number of ether oxygens (including phenoxy) is 2. The van der Waals surface area contributed by atoms with Crippen LogP contribution in [0.4, 0.5) is 5.69 Å². The highest BCUT2D eigenvalue weighted by molar-refractivity contribution is 7.92. The van der Waals surface area contributed by atoms with Crippen LogP contribution in [0.25, 0.3) is 0 Å². The van der Waals surface area contributed by atoms with E-state index in [-0.39, 0.29) is 29.1 Å². The minimum atomic E-state index is -4.16. The van der Waals surface area contributed by atoms with Crippen LogP contribution in [-0.2, 0) is 26.2 Å². The number of hydrogen-bond donors (Lipinski definition) is 1. The lowest BCUT2D eigenvalue weighted by Crippen LogP contribution is -2.53. The number of carbonyl (C=O) groups excluding carboxylic acids is 2. The van der Waals surface area contributed by atoms with E-state index in [1.165, 1.54) is 17.0 Å². The standard InChI is InChI=1S/C30H35N3O6S/c1-4-26(30(35)31-22(2)3)32(20-23-11-7-5-8-12-23)29(34)21-33(40(36,37)25-13-9-6-10-14-25)24-15-16-27-28(19-24)39-18-17-38-27/h5-16,19,22,26H,4,17-18,20-21H2,1-3H3,(H,31,35). The molecule has 0 saturated heterocycles. The molecule has 212 valence electrons. The number of amides is 2. The summed E-state index contributed by atoms with van der Waals surface area (Å²) in [6, 6.07) is 21.1. The first-order valence-corrected chi connectivity index (χ1v) is 14.8. The van der Waals surface area contributed by atoms with Crippen LogP contribution in [0, 0.1) is 0 Å². The largest absolute Gasteiger partial charge is 0.486 e. The Morgan fingerprint density at radius 2 is 1.52 bits per heavy atom. The number of hydrogen-bond acceptors (Lipinski definition) is 6. The van der Waals surface area contributed by atoms with Gasteiger partial charge in [0, 0.05) is 18.7 Å². The Hall–Kier alpha value is -4.05. The van der Waals surface area contributed by atoms with Gasteiger partial charge in [0.1, 0.15) is 25.8 Å². The number of benzene rings is 3. The molecule has 1 N–H and O–H groups in total. The second-order valence-electron chi connectivity index (χ2n) is 9.75. The molecular weight excluding hydrogens is 530 g/mol. The molecule has 0 aromatic heterocycles. The van der Waals surface area contributed by atoms with Crippen molar-refractivity contribution in [3.8, 4) is 11.5 Å². The van der Waals surface area contributed by atoms with Crippen molar-refractivity contribution in [1.82, 2.24) is 10.2 Å². The van der Waals surface area contributed by atoms with Crippen molar-refractivity contribution >= 4 is 27.5 Å². The molecule has 1 atom stereocenters. The Bertz CT molecular complexity index is 1410. The van der Waals surface area contributed by atoms with E-state index in [0.717, 1.165) is 9.87 Å². The number of fused-ring (bicyclic) bond motifs is 1. The van der Waals surface area contributed by atoms with Crippen molar-refractivity contribution in [3.63, 3.8) is 0 Å². The van der Waals surface area contributed by atoms with Crippen molar-refractivity contribution in [2.75, 3.05) is 24.1 Å². The molecule has 9 nitrogen and oxygen atoms in total. The summed E-state index contributed by atoms with van der Waals surface area (Å²) in [4.78, 5) is 28.8. The zero-order valence-corrected chi connectivity index (χ0v) is 23.8. The lowest BCUT2D eigenvalue weighted by Gasteiger charge is -2.33. The third-order valence-corrected chi connectivity index (χ3v) is 8.22. The predicted molar refractivity (Wildman–Crippen MR) is 153 cm³/mol. The van der Waals surface area contributed by atoms with E-state index in [0.29, 0.717) is 31.1 Å². The summed E-state index contributed by atoms with van der Waals surface area (Å²) in [5.74, 6) is 0.0939. The fourth-order valence-corrected chi connectivity index (χ4v) is 5.94. The molecule has 3 aromatic rings. The third-order valence-electron chi connectivity index (χ3n) is 6.44. The second-order valence-corrected chi connectivity index (χ2v) is 11.6. The molecule has 1 aliphatic heterocycles. The van der Waals surface area contributed by atoms with Gasteiger partial charge in [0.15, 0.2) is 11.5 Å². The van der Waals surface area contributed by atoms with Gasteiger partial charge >= 0.3 is 0 Å². The van der Waals surface area contributed by atoms with Crippen molar-refractivity contribution < 1.29 is 27.5 Å². The van der Waals surface area contributed by atoms with Crippen LogP contribution in [0.2, 0.25) is 0 Å². The summed E-state index contributed by atoms with van der Waals surface area (Å²) in [5.41, 5.74) is 1.07. The molecule has 1 unspecified atom stereocenters. The van der Waals surface area contributed by atoms with Crippen LogP contribution in [0.3, 0.4) is 0 Å². The van der Waals surface area contributed by atoms with Gasteiger partial charge < -0.3 is 19.7 Å². The Morgan fingerprint density at radius 1 is 0.900 bits per heavy atom. The summed E-state index contributed by atoms with van der Waals surface area (Å²) in [6.07, 6.45) is 0.354. The first kappa shape index (κ1) is 28.9. The zero-order chi connectivity index (χ0) is 28.7. The van der Waals surface area contributed by atoms with Gasteiger partial charge in [-0.05, 0) is 50.1 Å². The van der Waals surface area contributed by atoms with Crippen LogP contribution in [0.15, 0.2) is 83.8 Å². The lowest BCUT2D eigenvalue weighted by atomic mass is 10.1. The molecule has 3 aromatic carbocycles. The first-order valence-electron chi connectivity index (χ1n) is 13.3. The van der Waals surface area contributed by atoms with Crippen LogP contribution in [-0.4, -0.2) is 57.0 Å². The predicted octanol–water partition coefficient (Wildman–Crippen LogP) is 3.99. The monoisotopic (exact) mass is 565 g/mol. The number of rotatable bonds is 11. The Balaban J connectivity index is 1.75. The molecule has 0 spiro atoms. The van der Waals surface area contributed by atoms with Crippen LogP contribution < -0.4 is 19.1 Å². The Kier molecular flexibility index (Phi) is 9.31. The summed E-state index contributed by atoms with van der Waals surface area (Å²) in [7, 11) is -4.16. The number of carbonyl (C=O) groups is 2. The maximum atomic E-state index is 14.1. The molecule has 0 aliphatic carbocycles. The normalized spacial score (nSPS) is 13.4. The SMILES string of the molecule is CCC(C(=O)NC(C)C)N(Cc1ccccc1)C(=O)CN(c1ccc2c(c1)OCCO2)S(=O)(=O)c1ccccc1. The van der Waals surface area contributed by atoms with Gasteiger partial charge in [-0.25, -0.2) is 8.42 Å². The number of sulfonamides is 1. The summed E-state index contributed by atoms with van der Waals surface area (Å²) in [5, 5.41) is 2.90. The lowest BCUT2D eigenvalue weighted by molar-refractivity contribution is -0.140. The van der Waals surface area contributed by atoms with Crippen molar-refractivity contribution in [2.24, 2.45) is 0 Å². The maximum Gasteiger partial charge on any atom is 0.264 e. The minimum absolute atomic E-state index is 0.0388. The highest BCUT2D eigenvalue weighted by Crippen LogP contribution is 2.36. The van der Waals surface area contributed by atoms with Gasteiger partial charge in [-0.15, -0.1) is 0 Å². The Labute approximate surface area is 235 Å². The van der Waals surface area contributed by atoms with Crippen molar-refractivity contribution in [3.05, 3.63) is 84.4 Å². The molecule has 0 bridgehead atoms. The number of anilines is 1. The summed E-state index contributed by atoms with van der Waals surface area (Å²) < 4.78 is 40.2. The van der Waals surface area contributed by atoms with E-state index in [2.05, 4.69) is 5.32 Å². The molecule has 4 rings (SSSR count). The van der Waals surface area contributed by atoms with Gasteiger partial charge in [-0.2, -0.15) is 0 Å². The molecule has 1 heterocycles. The van der Waals surface area contributed by atoms with Gasteiger partial charge in [0.2, 0.25) is 11.8 Å². The van der Waals surface area contributed by atoms with E-state index in [1.807, 2.05) is 51.1 Å². The number of nitrogens with one attached hydrogen (secondary N) is 1. The molecule has 0 fully saturated rings. The van der Waals surface area contributed by atoms with Gasteiger partial charge in [0.25, 0.3) is 10.0 Å². The third kappa shape index (κ3) is 6.74. The highest BCUT2D eigenvalue weighted by Gasteiger charge is 2.34. The fraction of sp³-hybridized carbons (Fsp3) is 0.333. The smallest absolute Gasteiger partial charge is 0.264 e. The topological polar surface area (TPSA) is 105 Å². The molecule has 0 saturated carbocycles. The molecular formula is C30H35N3O6S. The van der Waals surface area contributed by atoms with Crippen LogP contribution >= 0.6 is 0 Å². The van der Waals surface area contributed by atoms with E-state index in [9.17, 15) is 18.0 Å². The molecule has 0 radical (unpaired) electrons. The molecule has 40 heavy (non-hydrogen) atoms. The van der Waals surface area contributed by atoms with Crippen molar-refractivity contribution in [1.29, 1.82) is 0 Å². The first-order chi connectivity index (χ1) is 19.2. The van der Waals surface area contributed by atoms with Gasteiger partial charge in [-0.3, -0.25) is 13.9 Å².